The number of carbonyl (C=O) groups excluding carboxylic acids is 1. The highest BCUT2D eigenvalue weighted by atomic mass is 32.2. The summed E-state index contributed by atoms with van der Waals surface area (Å²) >= 11 is 1.09. The van der Waals surface area contributed by atoms with Gasteiger partial charge in [-0.05, 0) is 54.3 Å². The van der Waals surface area contributed by atoms with Crippen molar-refractivity contribution in [3.05, 3.63) is 58.9 Å². The maximum atomic E-state index is 14.0. The van der Waals surface area contributed by atoms with Gasteiger partial charge in [0.1, 0.15) is 0 Å². The first kappa shape index (κ1) is 19.7. The molecule has 2 aromatic rings. The smallest absolute Gasteiger partial charge is 0.261 e. The van der Waals surface area contributed by atoms with Gasteiger partial charge in [0.05, 0.1) is 16.8 Å². The van der Waals surface area contributed by atoms with Crippen molar-refractivity contribution >= 4 is 39.9 Å². The van der Waals surface area contributed by atoms with Crippen molar-refractivity contribution in [1.82, 2.24) is 9.44 Å². The largest absolute Gasteiger partial charge is 0.318 e. The second kappa shape index (κ2) is 7.35. The lowest BCUT2D eigenvalue weighted by molar-refractivity contribution is 0.0984. The quantitative estimate of drug-likeness (QED) is 0.559. The van der Waals surface area contributed by atoms with E-state index in [-0.39, 0.29) is 11.4 Å². The monoisotopic (exact) mass is 442 g/mol. The molecule has 2 aliphatic heterocycles. The van der Waals surface area contributed by atoms with Gasteiger partial charge in [-0.25, -0.2) is 26.6 Å². The summed E-state index contributed by atoms with van der Waals surface area (Å²) in [6, 6.07) is 5.72. The van der Waals surface area contributed by atoms with Crippen LogP contribution in [0.5, 0.6) is 0 Å². The predicted octanol–water partition coefficient (Wildman–Crippen LogP) is 2.15. The van der Waals surface area contributed by atoms with Crippen LogP contribution in [-0.2, 0) is 16.4 Å². The molecule has 2 N–H and O–H groups in total. The summed E-state index contributed by atoms with van der Waals surface area (Å²) in [7, 11) is -3.85. The highest BCUT2D eigenvalue weighted by Crippen LogP contribution is 2.32. The molecule has 2 aliphatic rings. The Balaban J connectivity index is 1.61. The molecule has 0 aromatic heterocycles. The number of anilines is 1. The molecule has 1 amide bonds. The molecule has 0 aliphatic carbocycles. The zero-order chi connectivity index (χ0) is 20.8. The SMILES string of the molecule is O=C(c1ccc(F)c(F)c1F)N1CCc2cc(S(=O)(=O)NC3N=CNS3)ccc21. The van der Waals surface area contributed by atoms with E-state index < -0.39 is 44.4 Å². The van der Waals surface area contributed by atoms with Crippen molar-refractivity contribution < 1.29 is 26.4 Å². The minimum absolute atomic E-state index is 0.00717. The molecule has 0 saturated heterocycles. The van der Waals surface area contributed by atoms with Crippen molar-refractivity contribution in [1.29, 1.82) is 0 Å². The maximum absolute atomic E-state index is 14.0. The number of aliphatic imine (C=N–C) groups is 1. The molecule has 2 aromatic carbocycles. The van der Waals surface area contributed by atoms with E-state index >= 15 is 0 Å². The summed E-state index contributed by atoms with van der Waals surface area (Å²) in [6.07, 6.45) is 1.70. The molecule has 4 rings (SSSR count). The van der Waals surface area contributed by atoms with E-state index in [2.05, 4.69) is 14.4 Å². The molecule has 2 heterocycles. The Morgan fingerprint density at radius 2 is 2.00 bits per heavy atom. The third kappa shape index (κ3) is 3.58. The summed E-state index contributed by atoms with van der Waals surface area (Å²) in [5.74, 6) is -5.50. The van der Waals surface area contributed by atoms with E-state index in [0.717, 1.165) is 18.0 Å². The van der Waals surface area contributed by atoms with Crippen LogP contribution in [0, 0.1) is 17.5 Å². The number of nitrogens with zero attached hydrogens (tertiary/aromatic N) is 2. The van der Waals surface area contributed by atoms with Gasteiger partial charge in [-0.1, -0.05) is 0 Å². The van der Waals surface area contributed by atoms with Crippen molar-refractivity contribution in [2.75, 3.05) is 11.4 Å². The van der Waals surface area contributed by atoms with Crippen LogP contribution in [-0.4, -0.2) is 32.7 Å². The fourth-order valence-corrected chi connectivity index (χ4v) is 5.02. The van der Waals surface area contributed by atoms with E-state index in [1.54, 1.807) is 0 Å². The highest BCUT2D eigenvalue weighted by Gasteiger charge is 2.31. The van der Waals surface area contributed by atoms with Crippen LogP contribution in [0.4, 0.5) is 18.9 Å². The van der Waals surface area contributed by atoms with Crippen LogP contribution < -0.4 is 14.3 Å². The topological polar surface area (TPSA) is 90.9 Å². The molecule has 7 nitrogen and oxygen atoms in total. The molecule has 29 heavy (non-hydrogen) atoms. The maximum Gasteiger partial charge on any atom is 0.261 e. The van der Waals surface area contributed by atoms with Gasteiger partial charge in [-0.2, -0.15) is 4.72 Å². The molecule has 0 bridgehead atoms. The molecule has 0 radical (unpaired) electrons. The second-order valence-corrected chi connectivity index (χ2v) is 8.84. The lowest BCUT2D eigenvalue weighted by Gasteiger charge is -2.18. The van der Waals surface area contributed by atoms with Crippen LogP contribution in [0.2, 0.25) is 0 Å². The number of benzene rings is 2. The summed E-state index contributed by atoms with van der Waals surface area (Å²) in [4.78, 5) is 17.7. The molecule has 1 atom stereocenters. The summed E-state index contributed by atoms with van der Waals surface area (Å²) in [6.45, 7) is 0.149. The molecule has 1 unspecified atom stereocenters. The second-order valence-electron chi connectivity index (χ2n) is 6.21. The van der Waals surface area contributed by atoms with Gasteiger partial charge in [0.15, 0.2) is 22.9 Å². The number of carbonyl (C=O) groups is 1. The number of rotatable bonds is 4. The van der Waals surface area contributed by atoms with Crippen LogP contribution in [0.1, 0.15) is 15.9 Å². The van der Waals surface area contributed by atoms with E-state index in [4.69, 9.17) is 0 Å². The highest BCUT2D eigenvalue weighted by molar-refractivity contribution is 7.99. The third-order valence-corrected chi connectivity index (χ3v) is 6.73. The molecule has 0 spiro atoms. The lowest BCUT2D eigenvalue weighted by atomic mass is 10.1. The summed E-state index contributed by atoms with van der Waals surface area (Å²) in [5, 5.41) is 0. The third-order valence-electron chi connectivity index (χ3n) is 4.47. The van der Waals surface area contributed by atoms with Crippen LogP contribution in [0.25, 0.3) is 0 Å². The standard InChI is InChI=1S/C17H13F3N4O3S2/c18-12-3-2-11(14(19)15(12)20)16(25)24-6-5-9-7-10(1-4-13(9)24)29(26,27)23-17-21-8-22-28-17/h1-4,7-8,17,23H,5-6H2,(H,21,22). The van der Waals surface area contributed by atoms with Crippen LogP contribution >= 0.6 is 11.9 Å². The fourth-order valence-electron chi connectivity index (χ4n) is 3.07. The first-order valence-electron chi connectivity index (χ1n) is 8.31. The Hall–Kier alpha value is -2.57. The molecule has 12 heteroatoms. The minimum atomic E-state index is -3.85. The van der Waals surface area contributed by atoms with E-state index in [9.17, 15) is 26.4 Å². The zero-order valence-electron chi connectivity index (χ0n) is 14.5. The Morgan fingerprint density at radius 1 is 1.21 bits per heavy atom. The normalized spacial score (nSPS) is 18.0. The van der Waals surface area contributed by atoms with E-state index in [1.165, 1.54) is 29.4 Å². The van der Waals surface area contributed by atoms with Crippen molar-refractivity contribution in [2.45, 2.75) is 16.8 Å². The minimum Gasteiger partial charge on any atom is -0.318 e. The number of hydrogen-bond acceptors (Lipinski definition) is 6. The number of fused-ring (bicyclic) bond motifs is 1. The molecular formula is C17H13F3N4O3S2. The fraction of sp³-hybridized carbons (Fsp3) is 0.176. The molecule has 0 saturated carbocycles. The van der Waals surface area contributed by atoms with E-state index in [0.29, 0.717) is 23.7 Å². The van der Waals surface area contributed by atoms with Gasteiger partial charge in [0.2, 0.25) is 10.0 Å². The Labute approximate surface area is 168 Å². The summed E-state index contributed by atoms with van der Waals surface area (Å²) < 4.78 is 70.7. The predicted molar refractivity (Wildman–Crippen MR) is 101 cm³/mol. The Bertz CT molecular complexity index is 1140. The first-order chi connectivity index (χ1) is 13.8. The number of sulfonamides is 1. The molecule has 152 valence electrons. The average molecular weight is 442 g/mol. The first-order valence-corrected chi connectivity index (χ1v) is 10.7. The van der Waals surface area contributed by atoms with Crippen molar-refractivity contribution in [3.63, 3.8) is 0 Å². The summed E-state index contributed by atoms with van der Waals surface area (Å²) in [5.41, 5.74) is -0.348. The lowest BCUT2D eigenvalue weighted by Crippen LogP contribution is -2.31. The number of amides is 1. The Kier molecular flexibility index (Phi) is 5.00. The zero-order valence-corrected chi connectivity index (χ0v) is 16.2. The van der Waals surface area contributed by atoms with Crippen molar-refractivity contribution in [2.24, 2.45) is 4.99 Å². The van der Waals surface area contributed by atoms with Crippen LogP contribution in [0.15, 0.2) is 40.2 Å². The van der Waals surface area contributed by atoms with Gasteiger partial charge in [0.25, 0.3) is 5.91 Å². The van der Waals surface area contributed by atoms with Crippen molar-refractivity contribution in [3.8, 4) is 0 Å². The van der Waals surface area contributed by atoms with Gasteiger partial charge >= 0.3 is 0 Å². The van der Waals surface area contributed by atoms with Gasteiger partial charge in [0, 0.05) is 12.2 Å². The molecule has 0 fully saturated rings. The van der Waals surface area contributed by atoms with Gasteiger partial charge in [-0.15, -0.1) is 0 Å². The van der Waals surface area contributed by atoms with E-state index in [1.807, 2.05) is 0 Å². The van der Waals surface area contributed by atoms with Gasteiger partial charge in [-0.3, -0.25) is 4.79 Å². The van der Waals surface area contributed by atoms with Crippen LogP contribution in [0.3, 0.4) is 0 Å². The average Bonchev–Trinajstić information content (AvgIpc) is 3.34. The number of halogens is 3. The van der Waals surface area contributed by atoms with Gasteiger partial charge < -0.3 is 9.62 Å². The Morgan fingerprint density at radius 3 is 2.72 bits per heavy atom. The molecular weight excluding hydrogens is 429 g/mol. The number of nitrogens with one attached hydrogen (secondary N) is 2. The number of hydrogen-bond donors (Lipinski definition) is 2.